The molecule has 1 aliphatic carbocycles. The number of nitrogens with one attached hydrogen (secondary N) is 2. The third-order valence-electron chi connectivity index (χ3n) is 2.98. The van der Waals surface area contributed by atoms with Crippen LogP contribution in [0.1, 0.15) is 6.92 Å². The fourth-order valence-corrected chi connectivity index (χ4v) is 1.97. The van der Waals surface area contributed by atoms with Gasteiger partial charge in [-0.25, -0.2) is 5.48 Å². The maximum atomic E-state index is 12.2. The van der Waals surface area contributed by atoms with E-state index in [1.165, 1.54) is 11.6 Å². The molecule has 0 spiro atoms. The Hall–Kier alpha value is -3.00. The molecule has 0 aromatic heterocycles. The topological polar surface area (TPSA) is 116 Å². The summed E-state index contributed by atoms with van der Waals surface area (Å²) in [6.45, 7) is 1.86. The number of hydrogen-bond donors (Lipinski definition) is 3. The normalized spacial score (nSPS) is 20.5. The third kappa shape index (κ3) is 3.01. The summed E-state index contributed by atoms with van der Waals surface area (Å²) in [5.41, 5.74) is 3.81. The van der Waals surface area contributed by atoms with Crippen molar-refractivity contribution in [3.8, 4) is 0 Å². The minimum Gasteiger partial charge on any atom is -0.288 e. The van der Waals surface area contributed by atoms with E-state index in [1.54, 1.807) is 12.2 Å². The molecule has 0 bridgehead atoms. The summed E-state index contributed by atoms with van der Waals surface area (Å²) in [7, 11) is 0. The van der Waals surface area contributed by atoms with Gasteiger partial charge in [0.15, 0.2) is 0 Å². The number of fused-ring (bicyclic) bond motifs is 1. The highest BCUT2D eigenvalue weighted by molar-refractivity contribution is 6.25. The van der Waals surface area contributed by atoms with Gasteiger partial charge in [0.05, 0.1) is 11.1 Å². The maximum Gasteiger partial charge on any atom is 0.280 e. The van der Waals surface area contributed by atoms with Crippen molar-refractivity contribution in [2.75, 3.05) is 0 Å². The van der Waals surface area contributed by atoms with Crippen molar-refractivity contribution in [3.63, 3.8) is 0 Å². The Bertz CT molecular complexity index is 672. The van der Waals surface area contributed by atoms with E-state index in [0.29, 0.717) is 5.01 Å². The van der Waals surface area contributed by atoms with Crippen LogP contribution in [0.4, 0.5) is 0 Å². The zero-order chi connectivity index (χ0) is 16.3. The predicted octanol–water partition coefficient (Wildman–Crippen LogP) is -0.493. The second-order valence-electron chi connectivity index (χ2n) is 4.64. The van der Waals surface area contributed by atoms with Gasteiger partial charge in [0.2, 0.25) is 0 Å². The molecule has 114 valence electrons. The van der Waals surface area contributed by atoms with Crippen molar-refractivity contribution in [2.24, 2.45) is 5.92 Å². The van der Waals surface area contributed by atoms with Crippen LogP contribution in [0.2, 0.25) is 0 Å². The van der Waals surface area contributed by atoms with Gasteiger partial charge in [-0.15, -0.1) is 0 Å². The molecule has 1 atom stereocenters. The molecule has 22 heavy (non-hydrogen) atoms. The first-order chi connectivity index (χ1) is 10.4. The Kier molecular flexibility index (Phi) is 4.33. The van der Waals surface area contributed by atoms with Crippen LogP contribution in [0.15, 0.2) is 47.6 Å². The Morgan fingerprint density at radius 1 is 1.18 bits per heavy atom. The van der Waals surface area contributed by atoms with Gasteiger partial charge in [0, 0.05) is 12.2 Å². The quantitative estimate of drug-likeness (QED) is 0.281. The fourth-order valence-electron chi connectivity index (χ4n) is 1.97. The van der Waals surface area contributed by atoms with Crippen molar-refractivity contribution in [2.45, 2.75) is 6.92 Å². The lowest BCUT2D eigenvalue weighted by molar-refractivity contribution is -0.144. The molecule has 0 saturated carbocycles. The van der Waals surface area contributed by atoms with Crippen LogP contribution < -0.4 is 10.9 Å². The van der Waals surface area contributed by atoms with E-state index < -0.39 is 23.6 Å². The first-order valence-corrected chi connectivity index (χ1v) is 6.36. The van der Waals surface area contributed by atoms with Crippen LogP contribution in [0.5, 0.6) is 0 Å². The average Bonchev–Trinajstić information content (AvgIpc) is 2.66. The summed E-state index contributed by atoms with van der Waals surface area (Å²) >= 11 is 0. The molecular weight excluding hydrogens is 290 g/mol. The van der Waals surface area contributed by atoms with Gasteiger partial charge in [-0.1, -0.05) is 25.2 Å². The van der Waals surface area contributed by atoms with Crippen molar-refractivity contribution in [1.29, 1.82) is 0 Å². The number of amides is 4. The van der Waals surface area contributed by atoms with E-state index in [4.69, 9.17) is 5.21 Å². The first-order valence-electron chi connectivity index (χ1n) is 6.36. The number of nitrogens with zero attached hydrogens (tertiary/aromatic N) is 1. The molecule has 3 N–H and O–H groups in total. The zero-order valence-electron chi connectivity index (χ0n) is 11.6. The summed E-state index contributed by atoms with van der Waals surface area (Å²) in [4.78, 5) is 46.7. The molecule has 2 rings (SSSR count). The highest BCUT2D eigenvalue weighted by Gasteiger charge is 2.40. The molecule has 1 fully saturated rings. The molecule has 4 amide bonds. The van der Waals surface area contributed by atoms with Crippen LogP contribution in [0, 0.1) is 5.92 Å². The SMILES string of the molecule is CC1C=CC=C2C(=O)N(NC(=O)/C=C/C(=O)NO)C(=O)C2=C1. The second-order valence-corrected chi connectivity index (χ2v) is 4.64. The first kappa shape index (κ1) is 15.4. The second kappa shape index (κ2) is 6.19. The van der Waals surface area contributed by atoms with E-state index in [9.17, 15) is 19.2 Å². The van der Waals surface area contributed by atoms with Crippen LogP contribution >= 0.6 is 0 Å². The lowest BCUT2D eigenvalue weighted by Crippen LogP contribution is -2.45. The average molecular weight is 303 g/mol. The van der Waals surface area contributed by atoms with Crippen molar-refractivity contribution in [3.05, 3.63) is 47.6 Å². The molecule has 2 aliphatic rings. The van der Waals surface area contributed by atoms with Gasteiger partial charge < -0.3 is 0 Å². The van der Waals surface area contributed by atoms with Crippen LogP contribution in [-0.4, -0.2) is 33.8 Å². The molecule has 1 heterocycles. The highest BCUT2D eigenvalue weighted by atomic mass is 16.5. The summed E-state index contributed by atoms with van der Waals surface area (Å²) < 4.78 is 0. The van der Waals surface area contributed by atoms with E-state index in [2.05, 4.69) is 5.43 Å². The number of rotatable bonds is 3. The number of imide groups is 1. The van der Waals surface area contributed by atoms with Crippen LogP contribution in [-0.2, 0) is 19.2 Å². The van der Waals surface area contributed by atoms with E-state index >= 15 is 0 Å². The molecule has 0 radical (unpaired) electrons. The van der Waals surface area contributed by atoms with Crippen LogP contribution in [0.3, 0.4) is 0 Å². The van der Waals surface area contributed by atoms with E-state index in [0.717, 1.165) is 12.2 Å². The lowest BCUT2D eigenvalue weighted by atomic mass is 10.1. The number of allylic oxidation sites excluding steroid dienone is 4. The van der Waals surface area contributed by atoms with Gasteiger partial charge in [0.25, 0.3) is 23.6 Å². The molecule has 1 unspecified atom stereocenters. The zero-order valence-corrected chi connectivity index (χ0v) is 11.6. The molecule has 8 nitrogen and oxygen atoms in total. The Morgan fingerprint density at radius 2 is 1.82 bits per heavy atom. The minimum atomic E-state index is -0.913. The lowest BCUT2D eigenvalue weighted by Gasteiger charge is -2.12. The Balaban J connectivity index is 2.17. The summed E-state index contributed by atoms with van der Waals surface area (Å²) in [5, 5.41) is 8.88. The number of hydroxylamine groups is 1. The monoisotopic (exact) mass is 303 g/mol. The van der Waals surface area contributed by atoms with E-state index in [1.807, 2.05) is 13.0 Å². The van der Waals surface area contributed by atoms with Gasteiger partial charge in [-0.05, 0) is 12.0 Å². The van der Waals surface area contributed by atoms with Gasteiger partial charge in [0.1, 0.15) is 0 Å². The van der Waals surface area contributed by atoms with Gasteiger partial charge in [-0.2, -0.15) is 5.01 Å². The largest absolute Gasteiger partial charge is 0.288 e. The summed E-state index contributed by atoms with van der Waals surface area (Å²) in [6.07, 6.45) is 8.18. The van der Waals surface area contributed by atoms with Crippen molar-refractivity contribution >= 4 is 23.6 Å². The molecule has 0 aromatic carbocycles. The van der Waals surface area contributed by atoms with Gasteiger partial charge in [-0.3, -0.25) is 29.8 Å². The predicted molar refractivity (Wildman–Crippen MR) is 73.5 cm³/mol. The molecular formula is C14H13N3O5. The molecule has 8 heteroatoms. The summed E-state index contributed by atoms with van der Waals surface area (Å²) in [5.74, 6) is -3.08. The fraction of sp³-hybridized carbons (Fsp3) is 0.143. The number of carbonyl (C=O) groups is 4. The molecule has 0 aromatic rings. The van der Waals surface area contributed by atoms with E-state index in [-0.39, 0.29) is 17.1 Å². The molecule has 1 aliphatic heterocycles. The smallest absolute Gasteiger partial charge is 0.280 e. The van der Waals surface area contributed by atoms with Crippen LogP contribution in [0.25, 0.3) is 0 Å². The third-order valence-corrected chi connectivity index (χ3v) is 2.98. The van der Waals surface area contributed by atoms with Gasteiger partial charge >= 0.3 is 0 Å². The number of hydrogen-bond acceptors (Lipinski definition) is 5. The number of carbonyl (C=O) groups excluding carboxylic acids is 4. The summed E-state index contributed by atoms with van der Waals surface area (Å²) in [6, 6.07) is 0. The van der Waals surface area contributed by atoms with Crippen molar-refractivity contribution in [1.82, 2.24) is 15.9 Å². The standard InChI is InChI=1S/C14H13N3O5/c1-8-3-2-4-9-10(7-8)14(21)17(13(9)20)15-11(18)5-6-12(19)16-22/h2-8,22H,1H3,(H,15,18)(H,16,19)/b6-5+. The Labute approximate surface area is 125 Å². The van der Waals surface area contributed by atoms with Crippen molar-refractivity contribution < 1.29 is 24.4 Å². The minimum absolute atomic E-state index is 0.0238. The Morgan fingerprint density at radius 3 is 2.50 bits per heavy atom. The molecule has 1 saturated heterocycles. The maximum absolute atomic E-state index is 12.2. The highest BCUT2D eigenvalue weighted by Crippen LogP contribution is 2.27. The number of hydrazine groups is 1.